The molecule has 16 heteroatoms. The van der Waals surface area contributed by atoms with E-state index in [4.69, 9.17) is 0 Å². The number of rotatable bonds is 17. The van der Waals surface area contributed by atoms with Crippen LogP contribution in [0.3, 0.4) is 0 Å². The number of anilines is 1. The maximum Gasteiger partial charge on any atom is 1.00 e. The normalized spacial score (nSPS) is 17.4. The van der Waals surface area contributed by atoms with E-state index >= 15 is 0 Å². The van der Waals surface area contributed by atoms with E-state index in [2.05, 4.69) is 77.7 Å². The second-order valence-corrected chi connectivity index (χ2v) is 17.8. The average Bonchev–Trinajstić information content (AvgIpc) is 3.37. The molecule has 0 radical (unpaired) electrons. The zero-order valence-electron chi connectivity index (χ0n) is 31.9. The maximum absolute atomic E-state index is 11.2. The van der Waals surface area contributed by atoms with Gasteiger partial charge >= 0.3 is 59.1 Å². The summed E-state index contributed by atoms with van der Waals surface area (Å²) in [6.07, 6.45) is 13.7. The summed E-state index contributed by atoms with van der Waals surface area (Å²) in [5.74, 6) is -0.790. The van der Waals surface area contributed by atoms with Crippen molar-refractivity contribution >= 4 is 49.4 Å². The Morgan fingerprint density at radius 3 is 2.19 bits per heavy atom. The van der Waals surface area contributed by atoms with E-state index in [1.54, 1.807) is 0 Å². The standard InChI is InChI=1S/C37H48N2O9S3.2Na/c1-27(13-11-15-34-36(3,4)30-25-28(2)17-19-32(30)38(34)21-7-9-23-50(41,42)43)14-12-16-35-37(5,6)31-26-29(49-48-47-40)18-20-33(31)39(35)22-8-10-24-51(44,45)46;;/h11-20,25-26H,7-10,21-24H2,1-6H3,(H2-,40,41,42,43,44,45,46);;/q;2*+1/p-2. The Hall–Kier alpha value is -1.08. The van der Waals surface area contributed by atoms with E-state index in [1.165, 1.54) is 5.56 Å². The summed E-state index contributed by atoms with van der Waals surface area (Å²) < 4.78 is 73.7. The topological polar surface area (TPSA) is 162 Å². The summed E-state index contributed by atoms with van der Waals surface area (Å²) in [4.78, 5) is 2.91. The number of fused-ring (bicyclic) bond motifs is 2. The molecule has 2 aromatic rings. The van der Waals surface area contributed by atoms with E-state index in [0.29, 0.717) is 37.2 Å². The molecule has 0 aromatic heterocycles. The molecule has 2 aliphatic rings. The minimum atomic E-state index is -4.30. The van der Waals surface area contributed by atoms with Gasteiger partial charge in [0.05, 0.1) is 37.7 Å². The van der Waals surface area contributed by atoms with Gasteiger partial charge in [-0.1, -0.05) is 61.4 Å². The monoisotopic (exact) mass is 804 g/mol. The van der Waals surface area contributed by atoms with Crippen molar-refractivity contribution < 1.29 is 104 Å². The zero-order chi connectivity index (χ0) is 37.6. The fourth-order valence-electron chi connectivity index (χ4n) is 6.77. The molecule has 53 heavy (non-hydrogen) atoms. The largest absolute Gasteiger partial charge is 1.00 e. The summed E-state index contributed by atoms with van der Waals surface area (Å²) in [5, 5.41) is 13.9. The molecular weight excluding hydrogens is 759 g/mol. The Balaban J connectivity index is 0.00000486. The zero-order valence-corrected chi connectivity index (χ0v) is 38.3. The first-order chi connectivity index (χ1) is 23.8. The van der Waals surface area contributed by atoms with Crippen LogP contribution in [0.4, 0.5) is 11.4 Å². The summed E-state index contributed by atoms with van der Waals surface area (Å²) >= 11 is 0.815. The summed E-state index contributed by atoms with van der Waals surface area (Å²) in [5.41, 5.74) is 7.70. The third-order valence-electron chi connectivity index (χ3n) is 9.35. The Kier molecular flexibility index (Phi) is 18.5. The van der Waals surface area contributed by atoms with Gasteiger partial charge in [-0.25, -0.2) is 16.8 Å². The second kappa shape index (κ2) is 20.4. The predicted octanol–water partition coefficient (Wildman–Crippen LogP) is 0.00102. The molecular formula is C37H46N2Na2O9S3. The van der Waals surface area contributed by atoms with Crippen LogP contribution in [0.25, 0.3) is 0 Å². The minimum absolute atomic E-state index is 0. The molecule has 2 aliphatic heterocycles. The van der Waals surface area contributed by atoms with Gasteiger partial charge in [0.15, 0.2) is 5.71 Å². The van der Waals surface area contributed by atoms with Gasteiger partial charge in [-0.05, 0) is 76.8 Å². The molecule has 0 spiro atoms. The van der Waals surface area contributed by atoms with Crippen molar-refractivity contribution in [1.29, 1.82) is 0 Å². The molecule has 0 bridgehead atoms. The number of allylic oxidation sites excluding steroid dienone is 8. The maximum atomic E-state index is 11.2. The quantitative estimate of drug-likeness (QED) is 0.0310. The molecule has 0 atom stereocenters. The molecule has 4 rings (SSSR count). The number of hydrogen-bond donors (Lipinski definition) is 0. The van der Waals surface area contributed by atoms with E-state index in [9.17, 15) is 31.2 Å². The molecule has 0 saturated carbocycles. The second-order valence-electron chi connectivity index (χ2n) is 14.0. The third kappa shape index (κ3) is 13.0. The van der Waals surface area contributed by atoms with Crippen molar-refractivity contribution in [3.63, 3.8) is 0 Å². The van der Waals surface area contributed by atoms with E-state index in [-0.39, 0.29) is 76.7 Å². The van der Waals surface area contributed by atoms with E-state index < -0.39 is 31.4 Å². The summed E-state index contributed by atoms with van der Waals surface area (Å²) in [7, 11) is -8.56. The van der Waals surface area contributed by atoms with Gasteiger partial charge < -0.3 is 19.3 Å². The van der Waals surface area contributed by atoms with Crippen LogP contribution in [0, 0.1) is 6.92 Å². The van der Waals surface area contributed by atoms with E-state index in [0.717, 1.165) is 51.5 Å². The molecule has 0 N–H and O–H groups in total. The number of hydrogen-bond acceptors (Lipinski definition) is 11. The Bertz CT molecular complexity index is 1990. The van der Waals surface area contributed by atoms with Gasteiger partial charge in [0.25, 0.3) is 0 Å². The minimum Gasteiger partial charge on any atom is -0.748 e. The van der Waals surface area contributed by atoms with Crippen LogP contribution in [-0.4, -0.2) is 60.8 Å². The smallest absolute Gasteiger partial charge is 0.748 e. The van der Waals surface area contributed by atoms with Gasteiger partial charge in [-0.2, -0.15) is 8.91 Å². The molecule has 2 aromatic carbocycles. The SMILES string of the molecule is CC(C=C/C=C1/N(CCCCS(=O)(=O)[O-])c2ccc(C)cc2C1(C)C)=CC=CC1=[N+](CCCCS(=O)(=O)[O-])c2ccc(SOO[O-])cc2C1(C)C.[Na+].[Na+]. The van der Waals surface area contributed by atoms with Crippen molar-refractivity contribution in [3.8, 4) is 0 Å². The Labute approximate surface area is 363 Å². The van der Waals surface area contributed by atoms with Crippen LogP contribution in [-0.2, 0) is 40.4 Å². The van der Waals surface area contributed by atoms with Crippen molar-refractivity contribution in [3.05, 3.63) is 101 Å². The van der Waals surface area contributed by atoms with Gasteiger partial charge in [-0.15, -0.1) is 0 Å². The number of nitrogens with zero attached hydrogens (tertiary/aromatic N) is 2. The summed E-state index contributed by atoms with van der Waals surface area (Å²) in [6, 6.07) is 12.0. The fourth-order valence-corrected chi connectivity index (χ4v) is 8.28. The van der Waals surface area contributed by atoms with Gasteiger partial charge in [0.2, 0.25) is 5.69 Å². The first-order valence-corrected chi connectivity index (χ1v) is 20.7. The van der Waals surface area contributed by atoms with Gasteiger partial charge in [0, 0.05) is 63.9 Å². The van der Waals surface area contributed by atoms with Crippen molar-refractivity contribution in [1.82, 2.24) is 0 Å². The average molecular weight is 805 g/mol. The Morgan fingerprint density at radius 1 is 0.887 bits per heavy atom. The van der Waals surface area contributed by atoms with Gasteiger partial charge in [0.1, 0.15) is 6.54 Å². The Morgan fingerprint density at radius 2 is 1.55 bits per heavy atom. The fraction of sp³-hybridized carbons (Fsp3) is 0.432. The van der Waals surface area contributed by atoms with Gasteiger partial charge in [-0.3, -0.25) is 5.04 Å². The van der Waals surface area contributed by atoms with Crippen molar-refractivity contribution in [2.24, 2.45) is 0 Å². The molecule has 0 aliphatic carbocycles. The molecule has 0 fully saturated rings. The molecule has 11 nitrogen and oxygen atoms in total. The van der Waals surface area contributed by atoms with Crippen LogP contribution < -0.4 is 69.3 Å². The third-order valence-corrected chi connectivity index (χ3v) is 11.5. The van der Waals surface area contributed by atoms with Crippen molar-refractivity contribution in [2.75, 3.05) is 29.5 Å². The van der Waals surface area contributed by atoms with Crippen LogP contribution in [0.15, 0.2) is 89.0 Å². The first kappa shape index (κ1) is 48.1. The molecule has 278 valence electrons. The number of benzene rings is 2. The number of aryl methyl sites for hydroxylation is 1. The summed E-state index contributed by atoms with van der Waals surface area (Å²) in [6.45, 7) is 13.7. The van der Waals surface area contributed by atoms with Crippen LogP contribution in [0.5, 0.6) is 0 Å². The van der Waals surface area contributed by atoms with Crippen LogP contribution >= 0.6 is 12.0 Å². The van der Waals surface area contributed by atoms with E-state index in [1.807, 2.05) is 55.5 Å². The van der Waals surface area contributed by atoms with Crippen LogP contribution in [0.1, 0.15) is 77.0 Å². The predicted molar refractivity (Wildman–Crippen MR) is 197 cm³/mol. The molecule has 0 saturated heterocycles. The molecule has 0 unspecified atom stereocenters. The molecule has 2 heterocycles. The molecule has 0 amide bonds. The first-order valence-electron chi connectivity index (χ1n) is 16.8. The van der Waals surface area contributed by atoms with Crippen molar-refractivity contribution in [2.45, 2.75) is 83.0 Å². The van der Waals surface area contributed by atoms with Crippen LogP contribution in [0.2, 0.25) is 0 Å². The number of unbranched alkanes of at least 4 members (excludes halogenated alkanes) is 2.